The van der Waals surface area contributed by atoms with Crippen molar-refractivity contribution in [2.45, 2.75) is 303 Å². The molecule has 6 heteroatoms. The van der Waals surface area contributed by atoms with E-state index in [4.69, 9.17) is 14.2 Å². The van der Waals surface area contributed by atoms with Gasteiger partial charge >= 0.3 is 17.9 Å². The topological polar surface area (TPSA) is 78.9 Å². The lowest BCUT2D eigenvalue weighted by Crippen LogP contribution is -2.30. The number of carbonyl (C=O) groups is 3. The van der Waals surface area contributed by atoms with Gasteiger partial charge in [-0.2, -0.15) is 0 Å². The minimum atomic E-state index is -0.798. The number of hydrogen-bond donors (Lipinski definition) is 0. The zero-order valence-corrected chi connectivity index (χ0v) is 50.9. The number of ether oxygens (including phenoxy) is 3. The van der Waals surface area contributed by atoms with Crippen molar-refractivity contribution in [2.24, 2.45) is 0 Å². The summed E-state index contributed by atoms with van der Waals surface area (Å²) in [6.45, 7) is 6.39. The minimum Gasteiger partial charge on any atom is -0.462 e. The molecule has 0 aliphatic rings. The molecule has 0 aliphatic carbocycles. The van der Waals surface area contributed by atoms with Gasteiger partial charge in [-0.05, 0) is 128 Å². The quantitative estimate of drug-likeness (QED) is 0.0261. The molecule has 1 unspecified atom stereocenters. The van der Waals surface area contributed by atoms with E-state index in [2.05, 4.69) is 142 Å². The van der Waals surface area contributed by atoms with E-state index < -0.39 is 6.10 Å². The lowest BCUT2D eigenvalue weighted by atomic mass is 10.0. The molecule has 0 spiro atoms. The van der Waals surface area contributed by atoms with Gasteiger partial charge in [-0.15, -0.1) is 0 Å². The summed E-state index contributed by atoms with van der Waals surface area (Å²) in [7, 11) is 0. The summed E-state index contributed by atoms with van der Waals surface area (Å²) in [6, 6.07) is 0. The third kappa shape index (κ3) is 62.7. The smallest absolute Gasteiger partial charge is 0.306 e. The summed E-state index contributed by atoms with van der Waals surface area (Å²) in [4.78, 5) is 38.4. The second-order valence-corrected chi connectivity index (χ2v) is 21.3. The molecule has 444 valence electrons. The van der Waals surface area contributed by atoms with Crippen LogP contribution in [0.15, 0.2) is 122 Å². The van der Waals surface area contributed by atoms with Crippen LogP contribution in [0.4, 0.5) is 0 Å². The van der Waals surface area contributed by atoms with E-state index in [1.807, 2.05) is 0 Å². The first-order valence-electron chi connectivity index (χ1n) is 32.5. The van der Waals surface area contributed by atoms with Gasteiger partial charge < -0.3 is 14.2 Å². The maximum atomic E-state index is 12.9. The maximum absolute atomic E-state index is 12.9. The van der Waals surface area contributed by atoms with Gasteiger partial charge in [-0.1, -0.05) is 271 Å². The van der Waals surface area contributed by atoms with Crippen molar-refractivity contribution in [1.82, 2.24) is 0 Å². The first-order chi connectivity index (χ1) is 38.5. The molecule has 6 nitrogen and oxygen atoms in total. The van der Waals surface area contributed by atoms with Crippen LogP contribution >= 0.6 is 0 Å². The molecular weight excluding hydrogens is 961 g/mol. The number of unbranched alkanes of at least 4 members (excludes halogenated alkanes) is 27. The van der Waals surface area contributed by atoms with Crippen molar-refractivity contribution in [1.29, 1.82) is 0 Å². The molecule has 0 bridgehead atoms. The molecule has 0 saturated carbocycles. The molecule has 0 aromatic heterocycles. The van der Waals surface area contributed by atoms with Gasteiger partial charge in [-0.25, -0.2) is 0 Å². The Morgan fingerprint density at radius 3 is 0.782 bits per heavy atom. The molecule has 0 fully saturated rings. The van der Waals surface area contributed by atoms with Gasteiger partial charge in [0.15, 0.2) is 6.10 Å². The largest absolute Gasteiger partial charge is 0.462 e. The van der Waals surface area contributed by atoms with Gasteiger partial charge in [0.1, 0.15) is 13.2 Å². The van der Waals surface area contributed by atoms with E-state index in [1.54, 1.807) is 0 Å². The average Bonchev–Trinajstić information content (AvgIpc) is 3.44. The van der Waals surface area contributed by atoms with E-state index in [9.17, 15) is 14.4 Å². The van der Waals surface area contributed by atoms with E-state index in [-0.39, 0.29) is 31.1 Å². The first kappa shape index (κ1) is 73.8. The predicted molar refractivity (Wildman–Crippen MR) is 339 cm³/mol. The summed E-state index contributed by atoms with van der Waals surface area (Å²) in [5, 5.41) is 0. The Morgan fingerprint density at radius 2 is 0.500 bits per heavy atom. The van der Waals surface area contributed by atoms with Crippen LogP contribution in [-0.2, 0) is 28.6 Å². The Balaban J connectivity index is 4.40. The van der Waals surface area contributed by atoms with Crippen molar-refractivity contribution >= 4 is 17.9 Å². The summed E-state index contributed by atoms with van der Waals surface area (Å²) < 4.78 is 16.9. The lowest BCUT2D eigenvalue weighted by molar-refractivity contribution is -0.167. The van der Waals surface area contributed by atoms with Crippen molar-refractivity contribution in [3.63, 3.8) is 0 Å². The highest BCUT2D eigenvalue weighted by Gasteiger charge is 2.19. The monoisotopic (exact) mass is 1080 g/mol. The molecule has 0 aromatic carbocycles. The van der Waals surface area contributed by atoms with E-state index in [1.165, 1.54) is 122 Å². The van der Waals surface area contributed by atoms with Crippen LogP contribution in [-0.4, -0.2) is 37.2 Å². The van der Waals surface area contributed by atoms with Gasteiger partial charge in [0, 0.05) is 19.3 Å². The third-order valence-corrected chi connectivity index (χ3v) is 13.7. The Bertz CT molecular complexity index is 1620. The predicted octanol–water partition coefficient (Wildman–Crippen LogP) is 22.4. The SMILES string of the molecule is CC/C=C\C/C=C\C/C=C\C/C=C\CCCCCCCCCCCCCCC(=O)OCC(COC(=O)CCCCCC/C=C\C/C=C\C/C=C\C/C=C\CC)OC(=O)CCCCCCCCC/C=C\C/C=C\CCCCCC. The number of hydrogen-bond acceptors (Lipinski definition) is 6. The van der Waals surface area contributed by atoms with Gasteiger partial charge in [0.25, 0.3) is 0 Å². The highest BCUT2D eigenvalue weighted by molar-refractivity contribution is 5.71. The Morgan fingerprint density at radius 1 is 0.269 bits per heavy atom. The first-order valence-corrected chi connectivity index (χ1v) is 32.5. The van der Waals surface area contributed by atoms with Crippen molar-refractivity contribution < 1.29 is 28.6 Å². The highest BCUT2D eigenvalue weighted by Crippen LogP contribution is 2.16. The normalized spacial score (nSPS) is 12.9. The van der Waals surface area contributed by atoms with Gasteiger partial charge in [0.2, 0.25) is 0 Å². The van der Waals surface area contributed by atoms with Crippen LogP contribution in [0.25, 0.3) is 0 Å². The average molecular weight is 1080 g/mol. The molecule has 0 aromatic rings. The Kier molecular flexibility index (Phi) is 61.8. The molecule has 0 rings (SSSR count). The second-order valence-electron chi connectivity index (χ2n) is 21.3. The molecular formula is C72H120O6. The van der Waals surface area contributed by atoms with E-state index in [0.717, 1.165) is 135 Å². The zero-order chi connectivity index (χ0) is 56.4. The molecule has 0 heterocycles. The maximum Gasteiger partial charge on any atom is 0.306 e. The van der Waals surface area contributed by atoms with Crippen LogP contribution in [0.1, 0.15) is 297 Å². The van der Waals surface area contributed by atoms with Crippen molar-refractivity contribution in [3.05, 3.63) is 122 Å². The number of allylic oxidation sites excluding steroid dienone is 20. The standard InChI is InChI=1S/C72H120O6/c1-4-7-10-13-16-19-22-25-28-31-33-34-35-36-37-38-39-42-44-47-50-53-56-59-62-65-71(74)77-68-69(67-76-70(73)64-61-58-55-52-49-46-43-40-30-27-24-21-18-15-12-9-6-3)78-72(75)66-63-60-57-54-51-48-45-41-32-29-26-23-20-17-14-11-8-5-2/h7,9-10,12,16,18-21,23,25,27-30,32-34,43,46,69H,4-6,8,11,13-15,17,22,24,26,31,35-42,44-45,47-68H2,1-3H3/b10-7-,12-9-,19-16-,21-18-,23-20-,28-25-,30-27-,32-29-,34-33-,46-43-. The summed E-state index contributed by atoms with van der Waals surface area (Å²) >= 11 is 0. The van der Waals surface area contributed by atoms with E-state index >= 15 is 0 Å². The Hall–Kier alpha value is -4.19. The molecule has 78 heavy (non-hydrogen) atoms. The Labute approximate surface area is 482 Å². The van der Waals surface area contributed by atoms with Crippen LogP contribution in [0, 0.1) is 0 Å². The highest BCUT2D eigenvalue weighted by atomic mass is 16.6. The second kappa shape index (κ2) is 65.3. The summed E-state index contributed by atoms with van der Waals surface area (Å²) in [6.07, 6.45) is 90.6. The minimum absolute atomic E-state index is 0.0918. The van der Waals surface area contributed by atoms with Gasteiger partial charge in [0.05, 0.1) is 0 Å². The molecule has 0 N–H and O–H groups in total. The summed E-state index contributed by atoms with van der Waals surface area (Å²) in [5.74, 6) is -0.920. The molecule has 1 atom stereocenters. The van der Waals surface area contributed by atoms with Crippen molar-refractivity contribution in [3.8, 4) is 0 Å². The lowest BCUT2D eigenvalue weighted by Gasteiger charge is -2.18. The number of rotatable bonds is 58. The number of esters is 3. The van der Waals surface area contributed by atoms with Crippen molar-refractivity contribution in [2.75, 3.05) is 13.2 Å². The fourth-order valence-electron chi connectivity index (χ4n) is 8.87. The molecule has 0 aliphatic heterocycles. The third-order valence-electron chi connectivity index (χ3n) is 13.7. The fourth-order valence-corrected chi connectivity index (χ4v) is 8.87. The van der Waals surface area contributed by atoms with E-state index in [0.29, 0.717) is 19.3 Å². The summed E-state index contributed by atoms with van der Waals surface area (Å²) in [5.41, 5.74) is 0. The van der Waals surface area contributed by atoms with Crippen LogP contribution in [0.5, 0.6) is 0 Å². The van der Waals surface area contributed by atoms with Crippen LogP contribution < -0.4 is 0 Å². The number of carbonyl (C=O) groups excluding carboxylic acids is 3. The van der Waals surface area contributed by atoms with Crippen LogP contribution in [0.3, 0.4) is 0 Å². The molecule has 0 radical (unpaired) electrons. The molecule has 0 saturated heterocycles. The molecule has 0 amide bonds. The van der Waals surface area contributed by atoms with Gasteiger partial charge in [-0.3, -0.25) is 14.4 Å². The fraction of sp³-hybridized carbons (Fsp3) is 0.681. The zero-order valence-electron chi connectivity index (χ0n) is 50.9. The van der Waals surface area contributed by atoms with Crippen LogP contribution in [0.2, 0.25) is 0 Å².